The Bertz CT molecular complexity index is 1330. The van der Waals surface area contributed by atoms with E-state index in [2.05, 4.69) is 4.99 Å². The first-order chi connectivity index (χ1) is 19.7. The fourth-order valence-electron chi connectivity index (χ4n) is 4.56. The maximum Gasteiger partial charge on any atom is 0.336 e. The van der Waals surface area contributed by atoms with Crippen molar-refractivity contribution in [1.29, 1.82) is 0 Å². The molecule has 11 heteroatoms. The number of rotatable bonds is 13. The van der Waals surface area contributed by atoms with Gasteiger partial charge < -0.3 is 18.9 Å². The van der Waals surface area contributed by atoms with E-state index in [1.807, 2.05) is 24.3 Å². The summed E-state index contributed by atoms with van der Waals surface area (Å²) < 4.78 is 21.3. The largest absolute Gasteiger partial charge is 0.493 e. The third kappa shape index (κ3) is 8.23. The predicted octanol–water partition coefficient (Wildman–Crippen LogP) is 4.72. The lowest BCUT2D eigenvalue weighted by Crippen LogP contribution is -2.36. The van der Waals surface area contributed by atoms with Crippen molar-refractivity contribution in [3.8, 4) is 5.75 Å². The van der Waals surface area contributed by atoms with Crippen molar-refractivity contribution in [2.24, 2.45) is 10.9 Å². The fraction of sp³-hybridized carbons (Fsp3) is 0.400. The zero-order valence-corrected chi connectivity index (χ0v) is 23.6. The smallest absolute Gasteiger partial charge is 0.336 e. The zero-order chi connectivity index (χ0) is 29.9. The molecule has 2 unspecified atom stereocenters. The van der Waals surface area contributed by atoms with Crippen LogP contribution < -0.4 is 4.74 Å². The van der Waals surface area contributed by atoms with E-state index < -0.39 is 28.7 Å². The number of benzene rings is 2. The molecule has 1 heterocycles. The normalized spacial score (nSPS) is 16.4. The molecule has 0 radical (unpaired) electrons. The lowest BCUT2D eigenvalue weighted by molar-refractivity contribution is -0.384. The van der Waals surface area contributed by atoms with Crippen molar-refractivity contribution < 1.29 is 38.3 Å². The van der Waals surface area contributed by atoms with E-state index in [-0.39, 0.29) is 30.4 Å². The van der Waals surface area contributed by atoms with E-state index in [0.29, 0.717) is 48.6 Å². The molecule has 3 rings (SSSR count). The number of hydrogen-bond acceptors (Lipinski definition) is 10. The van der Waals surface area contributed by atoms with Gasteiger partial charge in [0.1, 0.15) is 11.7 Å². The average Bonchev–Trinajstić information content (AvgIpc) is 2.96. The Kier molecular flexibility index (Phi) is 11.1. The van der Waals surface area contributed by atoms with Gasteiger partial charge in [-0.2, -0.15) is 0 Å². The Morgan fingerprint density at radius 2 is 1.73 bits per heavy atom. The molecule has 2 atom stereocenters. The summed E-state index contributed by atoms with van der Waals surface area (Å²) in [7, 11) is 1.24. The third-order valence-electron chi connectivity index (χ3n) is 6.60. The number of nitrogens with zero attached hydrogens (tertiary/aromatic N) is 2. The van der Waals surface area contributed by atoms with E-state index >= 15 is 0 Å². The average molecular weight is 567 g/mol. The highest BCUT2D eigenvalue weighted by Crippen LogP contribution is 2.40. The standard InChI is InChI=1S/C30H34N2O9/c1-5-25(33)40-17-14-21-10-12-24(13-11-21)39-15-7-16-41-30(35)27-20(3)31-19(2)26(29(34)38-4)28(27)22-8-6-9-23(18-22)32(36)37/h6,8-13,18,26,28H,5,7,14-17H2,1-4H3. The molecule has 0 spiro atoms. The van der Waals surface area contributed by atoms with Gasteiger partial charge in [0.15, 0.2) is 0 Å². The molecule has 0 aromatic heterocycles. The second-order valence-electron chi connectivity index (χ2n) is 9.39. The van der Waals surface area contributed by atoms with Gasteiger partial charge in [-0.25, -0.2) is 4.79 Å². The predicted molar refractivity (Wildman–Crippen MR) is 150 cm³/mol. The lowest BCUT2D eigenvalue weighted by Gasteiger charge is -2.31. The van der Waals surface area contributed by atoms with Crippen molar-refractivity contribution in [2.75, 3.05) is 26.9 Å². The first kappa shape index (κ1) is 31.0. The van der Waals surface area contributed by atoms with Gasteiger partial charge in [-0.3, -0.25) is 24.7 Å². The van der Waals surface area contributed by atoms with Gasteiger partial charge in [0.05, 0.1) is 37.4 Å². The highest BCUT2D eigenvalue weighted by molar-refractivity contribution is 6.07. The highest BCUT2D eigenvalue weighted by atomic mass is 16.6. The van der Waals surface area contributed by atoms with Crippen LogP contribution in [0, 0.1) is 16.0 Å². The van der Waals surface area contributed by atoms with Crippen LogP contribution in [0.5, 0.6) is 5.75 Å². The maximum absolute atomic E-state index is 13.3. The number of nitro groups is 1. The molecule has 1 aliphatic rings. The van der Waals surface area contributed by atoms with Gasteiger partial charge in [0.2, 0.25) is 0 Å². The number of non-ortho nitro benzene ring substituents is 1. The van der Waals surface area contributed by atoms with Gasteiger partial charge in [-0.1, -0.05) is 31.2 Å². The number of methoxy groups -OCH3 is 1. The van der Waals surface area contributed by atoms with E-state index in [1.165, 1.54) is 25.3 Å². The molecule has 218 valence electrons. The quantitative estimate of drug-likeness (QED) is 0.111. The number of nitro benzene ring substituents is 1. The summed E-state index contributed by atoms with van der Waals surface area (Å²) in [5.74, 6) is -2.68. The van der Waals surface area contributed by atoms with Crippen LogP contribution in [0.2, 0.25) is 0 Å². The molecule has 11 nitrogen and oxygen atoms in total. The molecule has 2 aromatic carbocycles. The first-order valence-corrected chi connectivity index (χ1v) is 13.3. The van der Waals surface area contributed by atoms with Crippen molar-refractivity contribution in [2.45, 2.75) is 46.0 Å². The summed E-state index contributed by atoms with van der Waals surface area (Å²) >= 11 is 0. The van der Waals surface area contributed by atoms with Crippen molar-refractivity contribution in [1.82, 2.24) is 0 Å². The second kappa shape index (κ2) is 14.7. The minimum atomic E-state index is -0.946. The number of carbonyl (C=O) groups is 3. The Labute approximate surface area is 238 Å². The Hall–Kier alpha value is -4.54. The fourth-order valence-corrected chi connectivity index (χ4v) is 4.56. The van der Waals surface area contributed by atoms with Crippen LogP contribution in [0.4, 0.5) is 5.69 Å². The summed E-state index contributed by atoms with van der Waals surface area (Å²) in [6.45, 7) is 5.69. The lowest BCUT2D eigenvalue weighted by atomic mass is 9.75. The van der Waals surface area contributed by atoms with Crippen molar-refractivity contribution in [3.05, 3.63) is 81.0 Å². The summed E-state index contributed by atoms with van der Waals surface area (Å²) in [6, 6.07) is 13.2. The molecular weight excluding hydrogens is 532 g/mol. The van der Waals surface area contributed by atoms with Crippen LogP contribution in [0.1, 0.15) is 50.7 Å². The van der Waals surface area contributed by atoms with E-state index in [4.69, 9.17) is 18.9 Å². The van der Waals surface area contributed by atoms with Crippen LogP contribution in [0.3, 0.4) is 0 Å². The summed E-state index contributed by atoms with van der Waals surface area (Å²) in [4.78, 5) is 52.5. The topological polar surface area (TPSA) is 144 Å². The number of aliphatic imine (C=N–C) groups is 1. The monoisotopic (exact) mass is 566 g/mol. The summed E-state index contributed by atoms with van der Waals surface area (Å²) in [5.41, 5.74) is 2.20. The van der Waals surface area contributed by atoms with Gasteiger partial charge in [-0.15, -0.1) is 0 Å². The zero-order valence-electron chi connectivity index (χ0n) is 23.6. The molecule has 0 fully saturated rings. The van der Waals surface area contributed by atoms with Crippen LogP contribution in [0.25, 0.3) is 0 Å². The molecule has 0 N–H and O–H groups in total. The van der Waals surface area contributed by atoms with Crippen LogP contribution >= 0.6 is 0 Å². The van der Waals surface area contributed by atoms with E-state index in [9.17, 15) is 24.5 Å². The first-order valence-electron chi connectivity index (χ1n) is 13.3. The molecule has 2 aromatic rings. The van der Waals surface area contributed by atoms with Crippen molar-refractivity contribution >= 4 is 29.3 Å². The molecule has 0 aliphatic carbocycles. The molecule has 0 bridgehead atoms. The van der Waals surface area contributed by atoms with E-state index in [0.717, 1.165) is 5.56 Å². The highest BCUT2D eigenvalue weighted by Gasteiger charge is 2.42. The SMILES string of the molecule is CCC(=O)OCCc1ccc(OCCCOC(=O)C2=C(C)N=C(C)C(C(=O)OC)C2c2cccc([N+](=O)[O-])c2)cc1. The molecule has 1 aliphatic heterocycles. The minimum Gasteiger partial charge on any atom is -0.493 e. The van der Waals surface area contributed by atoms with E-state index in [1.54, 1.807) is 26.8 Å². The molecule has 0 amide bonds. The number of esters is 3. The Balaban J connectivity index is 1.63. The number of allylic oxidation sites excluding steroid dienone is 1. The molecular formula is C30H34N2O9. The molecule has 0 saturated heterocycles. The maximum atomic E-state index is 13.3. The number of ether oxygens (including phenoxy) is 4. The molecule has 0 saturated carbocycles. The Morgan fingerprint density at radius 1 is 1.00 bits per heavy atom. The van der Waals surface area contributed by atoms with Crippen LogP contribution in [0.15, 0.2) is 64.8 Å². The van der Waals surface area contributed by atoms with Gasteiger partial charge in [0.25, 0.3) is 5.69 Å². The summed E-state index contributed by atoms with van der Waals surface area (Å²) in [6.07, 6.45) is 1.35. The Morgan fingerprint density at radius 3 is 2.39 bits per heavy atom. The number of carbonyl (C=O) groups excluding carboxylic acids is 3. The van der Waals surface area contributed by atoms with Crippen LogP contribution in [-0.2, 0) is 35.0 Å². The number of hydrogen-bond donors (Lipinski definition) is 0. The van der Waals surface area contributed by atoms with Gasteiger partial charge in [0, 0.05) is 48.7 Å². The van der Waals surface area contributed by atoms with Crippen molar-refractivity contribution in [3.63, 3.8) is 0 Å². The third-order valence-corrected chi connectivity index (χ3v) is 6.60. The second-order valence-corrected chi connectivity index (χ2v) is 9.39. The van der Waals surface area contributed by atoms with Crippen LogP contribution in [-0.4, -0.2) is 55.5 Å². The summed E-state index contributed by atoms with van der Waals surface area (Å²) in [5, 5.41) is 11.4. The van der Waals surface area contributed by atoms with Gasteiger partial charge in [-0.05, 0) is 37.1 Å². The van der Waals surface area contributed by atoms with Gasteiger partial charge >= 0.3 is 17.9 Å². The molecule has 41 heavy (non-hydrogen) atoms. The minimum absolute atomic E-state index is 0.0454.